The van der Waals surface area contributed by atoms with E-state index >= 15 is 0 Å². The third-order valence-corrected chi connectivity index (χ3v) is 4.16. The lowest BCUT2D eigenvalue weighted by molar-refractivity contribution is 0.519. The Bertz CT molecular complexity index is 953. The zero-order valence-electron chi connectivity index (χ0n) is 15.2. The van der Waals surface area contributed by atoms with E-state index in [-0.39, 0.29) is 11.7 Å². The molecule has 136 valence electrons. The van der Waals surface area contributed by atoms with E-state index in [2.05, 4.69) is 34.0 Å². The molecule has 1 N–H and O–H groups in total. The van der Waals surface area contributed by atoms with Crippen LogP contribution < -0.4 is 5.43 Å². The van der Waals surface area contributed by atoms with Gasteiger partial charge >= 0.3 is 0 Å². The number of aromatic nitrogens is 3. The van der Waals surface area contributed by atoms with E-state index in [4.69, 9.17) is 0 Å². The van der Waals surface area contributed by atoms with E-state index < -0.39 is 11.6 Å². The molecular weight excluding hydrogens is 336 g/mol. The van der Waals surface area contributed by atoms with E-state index in [1.54, 1.807) is 12.4 Å². The molecular formula is C19H21F2N5. The van der Waals surface area contributed by atoms with Crippen LogP contribution in [0.5, 0.6) is 0 Å². The summed E-state index contributed by atoms with van der Waals surface area (Å²) in [5.41, 5.74) is 5.66. The van der Waals surface area contributed by atoms with Gasteiger partial charge < -0.3 is 4.57 Å². The summed E-state index contributed by atoms with van der Waals surface area (Å²) in [7, 11) is 0. The fourth-order valence-corrected chi connectivity index (χ4v) is 2.90. The quantitative estimate of drug-likeness (QED) is 0.536. The van der Waals surface area contributed by atoms with Gasteiger partial charge in [0.15, 0.2) is 5.82 Å². The third-order valence-electron chi connectivity index (χ3n) is 4.16. The number of aryl methyl sites for hydroxylation is 1. The number of benzene rings is 1. The van der Waals surface area contributed by atoms with Crippen LogP contribution in [0.2, 0.25) is 0 Å². The van der Waals surface area contributed by atoms with Crippen molar-refractivity contribution in [2.75, 3.05) is 5.43 Å². The minimum absolute atomic E-state index is 0.120. The van der Waals surface area contributed by atoms with Gasteiger partial charge in [-0.1, -0.05) is 0 Å². The molecule has 7 heteroatoms. The van der Waals surface area contributed by atoms with Crippen LogP contribution in [-0.4, -0.2) is 20.6 Å². The largest absolute Gasteiger partial charge is 0.303 e. The number of nitrogens with zero attached hydrogens (tertiary/aromatic N) is 4. The van der Waals surface area contributed by atoms with Gasteiger partial charge in [-0.2, -0.15) is 10.2 Å². The Balaban J connectivity index is 1.87. The molecule has 2 heterocycles. The Kier molecular flexibility index (Phi) is 4.88. The molecule has 0 bridgehead atoms. The van der Waals surface area contributed by atoms with E-state index in [1.165, 1.54) is 12.1 Å². The van der Waals surface area contributed by atoms with Crippen LogP contribution in [0.1, 0.15) is 36.8 Å². The number of hydrogen-bond donors (Lipinski definition) is 1. The van der Waals surface area contributed by atoms with Crippen LogP contribution in [0.25, 0.3) is 5.82 Å². The predicted molar refractivity (Wildman–Crippen MR) is 99.0 cm³/mol. The van der Waals surface area contributed by atoms with Gasteiger partial charge in [0.2, 0.25) is 0 Å². The lowest BCUT2D eigenvalue weighted by Gasteiger charge is -2.15. The molecule has 0 amide bonds. The summed E-state index contributed by atoms with van der Waals surface area (Å²) in [5.74, 6) is -0.331. The molecule has 3 aromatic rings. The Morgan fingerprint density at radius 2 is 1.92 bits per heavy atom. The number of anilines is 1. The number of hydrazone groups is 1. The lowest BCUT2D eigenvalue weighted by atomic mass is 10.3. The fourth-order valence-electron chi connectivity index (χ4n) is 2.90. The summed E-state index contributed by atoms with van der Waals surface area (Å²) in [5, 5.41) is 8.46. The van der Waals surface area contributed by atoms with Crippen LogP contribution in [0, 0.1) is 25.5 Å². The fraction of sp³-hybridized carbons (Fsp3) is 0.263. The van der Waals surface area contributed by atoms with Crippen LogP contribution in [0.4, 0.5) is 14.5 Å². The van der Waals surface area contributed by atoms with Crippen LogP contribution in [-0.2, 0) is 0 Å². The SMILES string of the molecule is Cc1cc(/C=N\Nc2ccc(F)cc2F)c(C)n1-c1ccnn1C(C)C. The van der Waals surface area contributed by atoms with Crippen molar-refractivity contribution in [3.63, 3.8) is 0 Å². The predicted octanol–water partition coefficient (Wildman–Crippen LogP) is 4.60. The monoisotopic (exact) mass is 357 g/mol. The summed E-state index contributed by atoms with van der Waals surface area (Å²) < 4.78 is 30.6. The Labute approximate surface area is 151 Å². The first-order chi connectivity index (χ1) is 12.4. The molecule has 0 spiro atoms. The first-order valence-electron chi connectivity index (χ1n) is 8.35. The summed E-state index contributed by atoms with van der Waals surface area (Å²) in [4.78, 5) is 0. The Morgan fingerprint density at radius 3 is 2.62 bits per heavy atom. The van der Waals surface area contributed by atoms with Gasteiger partial charge in [-0.25, -0.2) is 13.5 Å². The molecule has 26 heavy (non-hydrogen) atoms. The second kappa shape index (κ2) is 7.11. The van der Waals surface area contributed by atoms with Crippen LogP contribution in [0.3, 0.4) is 0 Å². The first kappa shape index (κ1) is 17.8. The van der Waals surface area contributed by atoms with Crippen molar-refractivity contribution >= 4 is 11.9 Å². The normalized spacial score (nSPS) is 11.7. The summed E-state index contributed by atoms with van der Waals surface area (Å²) in [6, 6.07) is 7.51. The van der Waals surface area contributed by atoms with Crippen LogP contribution >= 0.6 is 0 Å². The molecule has 0 aliphatic carbocycles. The van der Waals surface area contributed by atoms with Crippen molar-refractivity contribution in [2.24, 2.45) is 5.10 Å². The summed E-state index contributed by atoms with van der Waals surface area (Å²) >= 11 is 0. The van der Waals surface area contributed by atoms with Crippen molar-refractivity contribution in [1.82, 2.24) is 14.3 Å². The standard InChI is InChI=1S/C19H21F2N5/c1-12(2)26-19(7-8-23-26)25-13(3)9-15(14(25)4)11-22-24-18-6-5-16(20)10-17(18)21/h5-12,24H,1-4H3/b22-11-. The van der Waals surface area contributed by atoms with Gasteiger partial charge in [-0.3, -0.25) is 5.43 Å². The van der Waals surface area contributed by atoms with Crippen molar-refractivity contribution in [1.29, 1.82) is 0 Å². The number of nitrogens with one attached hydrogen (secondary N) is 1. The molecule has 0 aliphatic rings. The summed E-state index contributed by atoms with van der Waals surface area (Å²) in [6.45, 7) is 8.15. The molecule has 0 aliphatic heterocycles. The number of rotatable bonds is 5. The maximum absolute atomic E-state index is 13.6. The maximum Gasteiger partial charge on any atom is 0.151 e. The van der Waals surface area contributed by atoms with Crippen molar-refractivity contribution in [2.45, 2.75) is 33.7 Å². The third kappa shape index (κ3) is 3.37. The van der Waals surface area contributed by atoms with Gasteiger partial charge in [-0.05, 0) is 45.9 Å². The van der Waals surface area contributed by atoms with Gasteiger partial charge in [0, 0.05) is 35.1 Å². The molecule has 0 radical (unpaired) electrons. The first-order valence-corrected chi connectivity index (χ1v) is 8.35. The molecule has 0 saturated carbocycles. The van der Waals surface area contributed by atoms with E-state index in [9.17, 15) is 8.78 Å². The van der Waals surface area contributed by atoms with Gasteiger partial charge in [-0.15, -0.1) is 0 Å². The molecule has 2 aromatic heterocycles. The van der Waals surface area contributed by atoms with E-state index in [0.717, 1.165) is 28.8 Å². The van der Waals surface area contributed by atoms with Crippen molar-refractivity contribution < 1.29 is 8.78 Å². The van der Waals surface area contributed by atoms with Crippen molar-refractivity contribution in [3.8, 4) is 5.82 Å². The second-order valence-electron chi connectivity index (χ2n) is 6.38. The number of halogens is 2. The highest BCUT2D eigenvalue weighted by Gasteiger charge is 2.14. The zero-order chi connectivity index (χ0) is 18.8. The van der Waals surface area contributed by atoms with E-state index in [1.807, 2.05) is 30.7 Å². The topological polar surface area (TPSA) is 47.1 Å². The second-order valence-corrected chi connectivity index (χ2v) is 6.38. The molecule has 0 atom stereocenters. The molecule has 0 saturated heterocycles. The highest BCUT2D eigenvalue weighted by molar-refractivity contribution is 5.82. The maximum atomic E-state index is 13.6. The lowest BCUT2D eigenvalue weighted by Crippen LogP contribution is -2.11. The minimum atomic E-state index is -0.687. The molecule has 0 fully saturated rings. The smallest absolute Gasteiger partial charge is 0.151 e. The zero-order valence-corrected chi connectivity index (χ0v) is 15.2. The molecule has 3 rings (SSSR count). The van der Waals surface area contributed by atoms with Crippen LogP contribution in [0.15, 0.2) is 41.6 Å². The average molecular weight is 357 g/mol. The van der Waals surface area contributed by atoms with Gasteiger partial charge in [0.25, 0.3) is 0 Å². The van der Waals surface area contributed by atoms with Gasteiger partial charge in [0.05, 0.1) is 18.1 Å². The van der Waals surface area contributed by atoms with E-state index in [0.29, 0.717) is 0 Å². The highest BCUT2D eigenvalue weighted by Crippen LogP contribution is 2.22. The Hall–Kier alpha value is -2.96. The summed E-state index contributed by atoms with van der Waals surface area (Å²) in [6.07, 6.45) is 3.40. The highest BCUT2D eigenvalue weighted by atomic mass is 19.1. The molecule has 1 aromatic carbocycles. The minimum Gasteiger partial charge on any atom is -0.303 e. The van der Waals surface area contributed by atoms with Gasteiger partial charge in [0.1, 0.15) is 11.6 Å². The Morgan fingerprint density at radius 1 is 1.15 bits per heavy atom. The number of hydrogen-bond acceptors (Lipinski definition) is 3. The molecule has 0 unspecified atom stereocenters. The molecule has 5 nitrogen and oxygen atoms in total. The van der Waals surface area contributed by atoms with Crippen molar-refractivity contribution in [3.05, 3.63) is 65.1 Å². The average Bonchev–Trinajstić information content (AvgIpc) is 3.14.